The minimum Gasteiger partial charge on any atom is -0.271 e. The minimum absolute atomic E-state index is 0.0465. The summed E-state index contributed by atoms with van der Waals surface area (Å²) in [6, 6.07) is 8.22. The maximum atomic E-state index is 5.74. The summed E-state index contributed by atoms with van der Waals surface area (Å²) in [4.78, 5) is 0. The number of halogens is 2. The van der Waals surface area contributed by atoms with Crippen LogP contribution in [-0.2, 0) is 13.0 Å². The molecular weight excluding hydrogens is 384 g/mol. The van der Waals surface area contributed by atoms with Gasteiger partial charge in [-0.1, -0.05) is 28.1 Å². The van der Waals surface area contributed by atoms with Gasteiger partial charge in [-0.05, 0) is 47.5 Å². The van der Waals surface area contributed by atoms with Crippen molar-refractivity contribution in [2.45, 2.75) is 32.9 Å². The van der Waals surface area contributed by atoms with Crippen molar-refractivity contribution in [2.75, 3.05) is 0 Å². The molecule has 0 saturated carbocycles. The normalized spacial score (nSPS) is 12.7. The molecule has 0 aliphatic rings. The number of hydrazine groups is 1. The molecule has 20 heavy (non-hydrogen) atoms. The molecule has 0 amide bonds. The topological polar surface area (TPSA) is 55.9 Å². The predicted octanol–water partition coefficient (Wildman–Crippen LogP) is 3.48. The maximum Gasteiger partial charge on any atom is 0.0738 e. The van der Waals surface area contributed by atoms with Crippen LogP contribution in [-0.4, -0.2) is 9.78 Å². The van der Waals surface area contributed by atoms with E-state index >= 15 is 0 Å². The average Bonchev–Trinajstić information content (AvgIpc) is 2.71. The minimum atomic E-state index is 0.0465. The van der Waals surface area contributed by atoms with Crippen LogP contribution in [0.5, 0.6) is 0 Å². The standard InChI is InChI=1S/C14H18Br2N4/c1-3-20-13(14(16)9(2)19-20)8-12(18-17)10-5-4-6-11(15)7-10/h4-7,12,18H,3,8,17H2,1-2H3. The zero-order valence-corrected chi connectivity index (χ0v) is 14.7. The molecule has 0 fully saturated rings. The van der Waals surface area contributed by atoms with E-state index in [1.54, 1.807) is 0 Å². The van der Waals surface area contributed by atoms with E-state index in [-0.39, 0.29) is 6.04 Å². The molecule has 1 aromatic carbocycles. The van der Waals surface area contributed by atoms with E-state index in [9.17, 15) is 0 Å². The first-order valence-electron chi connectivity index (χ1n) is 6.50. The Hall–Kier alpha value is -0.690. The molecule has 1 heterocycles. The van der Waals surface area contributed by atoms with Gasteiger partial charge in [0.15, 0.2) is 0 Å². The van der Waals surface area contributed by atoms with Crippen LogP contribution in [0.3, 0.4) is 0 Å². The van der Waals surface area contributed by atoms with Gasteiger partial charge < -0.3 is 0 Å². The Morgan fingerprint density at radius 3 is 2.75 bits per heavy atom. The fourth-order valence-electron chi connectivity index (χ4n) is 2.25. The van der Waals surface area contributed by atoms with Crippen molar-refractivity contribution in [1.82, 2.24) is 15.2 Å². The van der Waals surface area contributed by atoms with Crippen LogP contribution in [0.4, 0.5) is 0 Å². The number of aromatic nitrogens is 2. The SMILES string of the molecule is CCn1nc(C)c(Br)c1CC(NN)c1cccc(Br)c1. The summed E-state index contributed by atoms with van der Waals surface area (Å²) >= 11 is 7.12. The lowest BCUT2D eigenvalue weighted by molar-refractivity contribution is 0.516. The molecule has 2 rings (SSSR count). The molecule has 3 N–H and O–H groups in total. The van der Waals surface area contributed by atoms with Gasteiger partial charge >= 0.3 is 0 Å². The lowest BCUT2D eigenvalue weighted by atomic mass is 10.0. The van der Waals surface area contributed by atoms with Crippen LogP contribution in [0.2, 0.25) is 0 Å². The van der Waals surface area contributed by atoms with E-state index < -0.39 is 0 Å². The first kappa shape index (κ1) is 15.7. The molecule has 0 radical (unpaired) electrons. The summed E-state index contributed by atoms with van der Waals surface area (Å²) in [5.41, 5.74) is 6.21. The van der Waals surface area contributed by atoms with Crippen LogP contribution in [0, 0.1) is 6.92 Å². The second kappa shape index (κ2) is 6.85. The van der Waals surface area contributed by atoms with Gasteiger partial charge in [-0.25, -0.2) is 0 Å². The molecule has 0 spiro atoms. The van der Waals surface area contributed by atoms with E-state index in [1.807, 2.05) is 23.7 Å². The number of benzene rings is 1. The number of aryl methyl sites for hydroxylation is 2. The first-order valence-corrected chi connectivity index (χ1v) is 8.08. The average molecular weight is 402 g/mol. The lowest BCUT2D eigenvalue weighted by Crippen LogP contribution is -2.30. The highest BCUT2D eigenvalue weighted by molar-refractivity contribution is 9.10. The van der Waals surface area contributed by atoms with E-state index in [4.69, 9.17) is 5.84 Å². The van der Waals surface area contributed by atoms with Gasteiger partial charge in [-0.2, -0.15) is 5.10 Å². The van der Waals surface area contributed by atoms with Gasteiger partial charge in [0.05, 0.1) is 21.9 Å². The van der Waals surface area contributed by atoms with Crippen LogP contribution >= 0.6 is 31.9 Å². The molecule has 1 unspecified atom stereocenters. The van der Waals surface area contributed by atoms with E-state index in [1.165, 1.54) is 0 Å². The van der Waals surface area contributed by atoms with Gasteiger partial charge in [0.1, 0.15) is 0 Å². The van der Waals surface area contributed by atoms with Gasteiger partial charge in [0.2, 0.25) is 0 Å². The van der Waals surface area contributed by atoms with Crippen LogP contribution in [0.1, 0.15) is 29.9 Å². The second-order valence-electron chi connectivity index (χ2n) is 4.64. The van der Waals surface area contributed by atoms with Gasteiger partial charge in [0.25, 0.3) is 0 Å². The third kappa shape index (κ3) is 3.31. The Bertz CT molecular complexity index is 595. The van der Waals surface area contributed by atoms with Crippen LogP contribution in [0.25, 0.3) is 0 Å². The molecule has 1 atom stereocenters. The molecule has 2 aromatic rings. The van der Waals surface area contributed by atoms with Gasteiger partial charge in [-0.15, -0.1) is 0 Å². The van der Waals surface area contributed by atoms with Crippen molar-refractivity contribution < 1.29 is 0 Å². The number of hydrogen-bond acceptors (Lipinski definition) is 3. The predicted molar refractivity (Wildman–Crippen MR) is 88.2 cm³/mol. The van der Waals surface area contributed by atoms with Crippen molar-refractivity contribution in [3.63, 3.8) is 0 Å². The van der Waals surface area contributed by atoms with Crippen molar-refractivity contribution in [1.29, 1.82) is 0 Å². The Balaban J connectivity index is 2.31. The summed E-state index contributed by atoms with van der Waals surface area (Å²) in [5, 5.41) is 4.52. The Kier molecular flexibility index (Phi) is 5.37. The molecule has 0 aliphatic heterocycles. The molecule has 1 aromatic heterocycles. The van der Waals surface area contributed by atoms with Crippen LogP contribution in [0.15, 0.2) is 33.2 Å². The second-order valence-corrected chi connectivity index (χ2v) is 6.35. The highest BCUT2D eigenvalue weighted by Gasteiger charge is 2.18. The molecular formula is C14H18Br2N4. The van der Waals surface area contributed by atoms with E-state index in [0.717, 1.165) is 38.9 Å². The zero-order chi connectivity index (χ0) is 14.7. The molecule has 0 aliphatic carbocycles. The summed E-state index contributed by atoms with van der Waals surface area (Å²) in [5.74, 6) is 5.74. The number of rotatable bonds is 5. The fourth-order valence-corrected chi connectivity index (χ4v) is 3.12. The highest BCUT2D eigenvalue weighted by atomic mass is 79.9. The van der Waals surface area contributed by atoms with Crippen molar-refractivity contribution >= 4 is 31.9 Å². The highest BCUT2D eigenvalue weighted by Crippen LogP contribution is 2.27. The Labute approximate surface area is 136 Å². The van der Waals surface area contributed by atoms with E-state index in [2.05, 4.69) is 61.4 Å². The number of nitrogens with two attached hydrogens (primary N) is 1. The fraction of sp³-hybridized carbons (Fsp3) is 0.357. The first-order chi connectivity index (χ1) is 9.56. The summed E-state index contributed by atoms with van der Waals surface area (Å²) < 4.78 is 4.13. The molecule has 0 bridgehead atoms. The Morgan fingerprint density at radius 2 is 2.15 bits per heavy atom. The number of nitrogens with one attached hydrogen (secondary N) is 1. The van der Waals surface area contributed by atoms with Gasteiger partial charge in [-0.3, -0.25) is 16.0 Å². The maximum absolute atomic E-state index is 5.74. The molecule has 0 saturated heterocycles. The largest absolute Gasteiger partial charge is 0.271 e. The monoisotopic (exact) mass is 400 g/mol. The summed E-state index contributed by atoms with van der Waals surface area (Å²) in [6.07, 6.45) is 0.780. The van der Waals surface area contributed by atoms with Crippen molar-refractivity contribution in [3.05, 3.63) is 50.2 Å². The molecule has 4 nitrogen and oxygen atoms in total. The quantitative estimate of drug-likeness (QED) is 0.595. The Morgan fingerprint density at radius 1 is 1.40 bits per heavy atom. The van der Waals surface area contributed by atoms with Crippen molar-refractivity contribution in [2.24, 2.45) is 5.84 Å². The number of nitrogens with zero attached hydrogens (tertiary/aromatic N) is 2. The van der Waals surface area contributed by atoms with Crippen molar-refractivity contribution in [3.8, 4) is 0 Å². The molecule has 6 heteroatoms. The summed E-state index contributed by atoms with van der Waals surface area (Å²) in [6.45, 7) is 4.94. The van der Waals surface area contributed by atoms with Crippen LogP contribution < -0.4 is 11.3 Å². The third-order valence-corrected chi connectivity index (χ3v) is 4.83. The number of hydrogen-bond donors (Lipinski definition) is 2. The third-order valence-electron chi connectivity index (χ3n) is 3.30. The smallest absolute Gasteiger partial charge is 0.0738 e. The zero-order valence-electron chi connectivity index (χ0n) is 11.5. The summed E-state index contributed by atoms with van der Waals surface area (Å²) in [7, 11) is 0. The lowest BCUT2D eigenvalue weighted by Gasteiger charge is -2.17. The van der Waals surface area contributed by atoms with Gasteiger partial charge in [0, 0.05) is 17.4 Å². The molecule has 108 valence electrons. The van der Waals surface area contributed by atoms with E-state index in [0.29, 0.717) is 0 Å².